The van der Waals surface area contributed by atoms with Gasteiger partial charge in [0.15, 0.2) is 5.82 Å². The molecule has 0 unspecified atom stereocenters. The number of nitrogens with one attached hydrogen (secondary N) is 1. The Bertz CT molecular complexity index is 699. The molecule has 2 aromatic rings. The largest absolute Gasteiger partial charge is 0.378 e. The van der Waals surface area contributed by atoms with Gasteiger partial charge in [-0.1, -0.05) is 18.2 Å². The Labute approximate surface area is 141 Å². The molecule has 1 aliphatic rings. The van der Waals surface area contributed by atoms with Crippen molar-refractivity contribution in [1.82, 2.24) is 9.97 Å². The minimum atomic E-state index is -0.179. The van der Waals surface area contributed by atoms with Crippen LogP contribution >= 0.6 is 0 Å². The summed E-state index contributed by atoms with van der Waals surface area (Å²) in [6.07, 6.45) is 1.66. The molecule has 0 atom stereocenters. The summed E-state index contributed by atoms with van der Waals surface area (Å²) in [5.74, 6) is 1.15. The molecule has 1 N–H and O–H groups in total. The molecule has 0 radical (unpaired) electrons. The Hall–Kier alpha value is -2.67. The number of rotatable bonds is 4. The standard InChI is InChI=1S/C17H21N5O2/c1-21(2)15-14(19-16(23)13-6-4-3-5-7-13)12-18-17(20-15)22-8-10-24-11-9-22/h3-7,12H,8-11H2,1-2H3,(H,19,23). The molecule has 0 aliphatic carbocycles. The molecule has 7 nitrogen and oxygen atoms in total. The zero-order chi connectivity index (χ0) is 16.9. The fourth-order valence-electron chi connectivity index (χ4n) is 2.49. The van der Waals surface area contributed by atoms with Gasteiger partial charge in [-0.25, -0.2) is 4.98 Å². The first-order chi connectivity index (χ1) is 11.6. The number of morpholine rings is 1. The lowest BCUT2D eigenvalue weighted by atomic mass is 10.2. The molecule has 1 aromatic heterocycles. The van der Waals surface area contributed by atoms with Gasteiger partial charge in [-0.05, 0) is 12.1 Å². The maximum atomic E-state index is 12.4. The van der Waals surface area contributed by atoms with Gasteiger partial charge in [-0.2, -0.15) is 4.98 Å². The van der Waals surface area contributed by atoms with Crippen LogP contribution in [-0.4, -0.2) is 56.3 Å². The Morgan fingerprint density at radius 2 is 1.92 bits per heavy atom. The van der Waals surface area contributed by atoms with E-state index in [1.807, 2.05) is 37.2 Å². The van der Waals surface area contributed by atoms with Crippen LogP contribution in [0, 0.1) is 0 Å². The fourth-order valence-corrected chi connectivity index (χ4v) is 2.49. The van der Waals surface area contributed by atoms with Crippen molar-refractivity contribution in [2.45, 2.75) is 0 Å². The Balaban J connectivity index is 1.83. The van der Waals surface area contributed by atoms with E-state index in [1.165, 1.54) is 0 Å². The van der Waals surface area contributed by atoms with E-state index in [0.29, 0.717) is 36.2 Å². The molecule has 1 fully saturated rings. The summed E-state index contributed by atoms with van der Waals surface area (Å²) in [6.45, 7) is 2.88. The van der Waals surface area contributed by atoms with E-state index in [2.05, 4.69) is 20.2 Å². The van der Waals surface area contributed by atoms with E-state index < -0.39 is 0 Å². The first-order valence-electron chi connectivity index (χ1n) is 7.88. The van der Waals surface area contributed by atoms with Crippen molar-refractivity contribution in [1.29, 1.82) is 0 Å². The molecule has 2 heterocycles. The molecule has 7 heteroatoms. The van der Waals surface area contributed by atoms with Gasteiger partial charge in [0.2, 0.25) is 5.95 Å². The number of carbonyl (C=O) groups excluding carboxylic acids is 1. The first kappa shape index (κ1) is 16.2. The van der Waals surface area contributed by atoms with Gasteiger partial charge in [0.25, 0.3) is 5.91 Å². The lowest BCUT2D eigenvalue weighted by Crippen LogP contribution is -2.37. The smallest absolute Gasteiger partial charge is 0.255 e. The highest BCUT2D eigenvalue weighted by Crippen LogP contribution is 2.24. The van der Waals surface area contributed by atoms with Crippen molar-refractivity contribution >= 4 is 23.4 Å². The molecule has 0 bridgehead atoms. The summed E-state index contributed by atoms with van der Waals surface area (Å²) >= 11 is 0. The number of benzene rings is 1. The SMILES string of the molecule is CN(C)c1nc(N2CCOCC2)ncc1NC(=O)c1ccccc1. The summed E-state index contributed by atoms with van der Waals surface area (Å²) in [5, 5.41) is 2.89. The van der Waals surface area contributed by atoms with E-state index in [4.69, 9.17) is 4.74 Å². The van der Waals surface area contributed by atoms with Gasteiger partial charge in [0, 0.05) is 32.7 Å². The molecule has 3 rings (SSSR count). The number of hydrogen-bond acceptors (Lipinski definition) is 6. The van der Waals surface area contributed by atoms with Crippen molar-refractivity contribution < 1.29 is 9.53 Å². The number of nitrogens with zero attached hydrogens (tertiary/aromatic N) is 4. The minimum Gasteiger partial charge on any atom is -0.378 e. The maximum Gasteiger partial charge on any atom is 0.255 e. The van der Waals surface area contributed by atoms with Crippen molar-refractivity contribution in [3.05, 3.63) is 42.1 Å². The first-order valence-corrected chi connectivity index (χ1v) is 7.88. The fraction of sp³-hybridized carbons (Fsp3) is 0.353. The molecule has 1 aliphatic heterocycles. The Morgan fingerprint density at radius 1 is 1.21 bits per heavy atom. The van der Waals surface area contributed by atoms with Crippen LogP contribution in [0.1, 0.15) is 10.4 Å². The predicted molar refractivity (Wildman–Crippen MR) is 93.8 cm³/mol. The van der Waals surface area contributed by atoms with Gasteiger partial charge in [0.05, 0.1) is 19.4 Å². The molecule has 0 spiro atoms. The molecule has 0 saturated carbocycles. The summed E-state index contributed by atoms with van der Waals surface area (Å²) in [6, 6.07) is 9.09. The van der Waals surface area contributed by atoms with Crippen LogP contribution in [0.25, 0.3) is 0 Å². The minimum absolute atomic E-state index is 0.179. The molecule has 1 aromatic carbocycles. The normalized spacial score (nSPS) is 14.3. The lowest BCUT2D eigenvalue weighted by Gasteiger charge is -2.28. The van der Waals surface area contributed by atoms with Crippen LogP contribution in [-0.2, 0) is 4.74 Å². The number of hydrogen-bond donors (Lipinski definition) is 1. The van der Waals surface area contributed by atoms with Gasteiger partial charge in [-0.3, -0.25) is 4.79 Å². The molecular weight excluding hydrogens is 306 g/mol. The quantitative estimate of drug-likeness (QED) is 0.920. The molecular formula is C17H21N5O2. The van der Waals surface area contributed by atoms with Gasteiger partial charge in [0.1, 0.15) is 5.69 Å². The van der Waals surface area contributed by atoms with Crippen LogP contribution < -0.4 is 15.1 Å². The van der Waals surface area contributed by atoms with Crippen LogP contribution in [0.2, 0.25) is 0 Å². The van der Waals surface area contributed by atoms with Crippen LogP contribution in [0.5, 0.6) is 0 Å². The number of aromatic nitrogens is 2. The summed E-state index contributed by atoms with van der Waals surface area (Å²) in [4.78, 5) is 25.3. The number of carbonyl (C=O) groups is 1. The second-order valence-electron chi connectivity index (χ2n) is 5.72. The van der Waals surface area contributed by atoms with Crippen LogP contribution in [0.4, 0.5) is 17.5 Å². The molecule has 24 heavy (non-hydrogen) atoms. The van der Waals surface area contributed by atoms with Crippen molar-refractivity contribution in [2.75, 3.05) is 55.5 Å². The van der Waals surface area contributed by atoms with E-state index in [9.17, 15) is 4.79 Å². The second kappa shape index (κ2) is 7.27. The summed E-state index contributed by atoms with van der Waals surface area (Å²) in [7, 11) is 3.78. The molecule has 1 saturated heterocycles. The lowest BCUT2D eigenvalue weighted by molar-refractivity contribution is 0.102. The summed E-state index contributed by atoms with van der Waals surface area (Å²) < 4.78 is 5.36. The zero-order valence-electron chi connectivity index (χ0n) is 13.9. The summed E-state index contributed by atoms with van der Waals surface area (Å²) in [5.41, 5.74) is 1.19. The van der Waals surface area contributed by atoms with E-state index in [0.717, 1.165) is 13.1 Å². The predicted octanol–water partition coefficient (Wildman–Crippen LogP) is 1.63. The van der Waals surface area contributed by atoms with Gasteiger partial charge in [-0.15, -0.1) is 0 Å². The number of anilines is 3. The zero-order valence-corrected chi connectivity index (χ0v) is 13.9. The highest BCUT2D eigenvalue weighted by atomic mass is 16.5. The third kappa shape index (κ3) is 3.62. The van der Waals surface area contributed by atoms with E-state index in [-0.39, 0.29) is 5.91 Å². The number of ether oxygens (including phenoxy) is 1. The van der Waals surface area contributed by atoms with Crippen molar-refractivity contribution in [3.63, 3.8) is 0 Å². The topological polar surface area (TPSA) is 70.6 Å². The third-order valence-corrected chi connectivity index (χ3v) is 3.76. The van der Waals surface area contributed by atoms with E-state index >= 15 is 0 Å². The Kier molecular flexibility index (Phi) is 4.90. The van der Waals surface area contributed by atoms with Crippen molar-refractivity contribution in [3.8, 4) is 0 Å². The van der Waals surface area contributed by atoms with Gasteiger partial charge >= 0.3 is 0 Å². The average Bonchev–Trinajstić information content (AvgIpc) is 2.63. The monoisotopic (exact) mass is 327 g/mol. The molecule has 126 valence electrons. The van der Waals surface area contributed by atoms with Crippen LogP contribution in [0.3, 0.4) is 0 Å². The highest BCUT2D eigenvalue weighted by molar-refractivity contribution is 6.05. The van der Waals surface area contributed by atoms with Crippen molar-refractivity contribution in [2.24, 2.45) is 0 Å². The highest BCUT2D eigenvalue weighted by Gasteiger charge is 2.18. The van der Waals surface area contributed by atoms with E-state index in [1.54, 1.807) is 18.3 Å². The van der Waals surface area contributed by atoms with Gasteiger partial charge < -0.3 is 19.9 Å². The number of amides is 1. The average molecular weight is 327 g/mol. The molecule has 1 amide bonds. The maximum absolute atomic E-state index is 12.4. The third-order valence-electron chi connectivity index (χ3n) is 3.76. The Morgan fingerprint density at radius 3 is 2.58 bits per heavy atom. The second-order valence-corrected chi connectivity index (χ2v) is 5.72. The van der Waals surface area contributed by atoms with Crippen LogP contribution in [0.15, 0.2) is 36.5 Å².